The summed E-state index contributed by atoms with van der Waals surface area (Å²) in [5, 5.41) is 11.6. The summed E-state index contributed by atoms with van der Waals surface area (Å²) < 4.78 is 13.8. The molecule has 0 fully saturated rings. The van der Waals surface area contributed by atoms with Crippen LogP contribution < -0.4 is 16.1 Å². The van der Waals surface area contributed by atoms with Gasteiger partial charge in [0.25, 0.3) is 8.32 Å². The van der Waals surface area contributed by atoms with Crippen molar-refractivity contribution in [2.75, 3.05) is 6.61 Å². The third-order valence-electron chi connectivity index (χ3n) is 5.93. The van der Waals surface area contributed by atoms with Gasteiger partial charge in [0.05, 0.1) is 25.3 Å². The van der Waals surface area contributed by atoms with Crippen LogP contribution in [0.15, 0.2) is 88.1 Å². The van der Waals surface area contributed by atoms with Gasteiger partial charge in [-0.05, 0) is 33.1 Å². The van der Waals surface area contributed by atoms with Crippen molar-refractivity contribution in [3.8, 4) is 0 Å². The Morgan fingerprint density at radius 2 is 1.53 bits per heavy atom. The number of fused-ring (bicyclic) bond motifs is 1. The van der Waals surface area contributed by atoms with Crippen LogP contribution in [0.25, 0.3) is 11.1 Å². The molecular weight excluding hydrogens is 418 g/mol. The Kier molecular flexibility index (Phi) is 6.19. The van der Waals surface area contributed by atoms with E-state index in [0.717, 1.165) is 5.56 Å². The van der Waals surface area contributed by atoms with Crippen LogP contribution in [0, 0.1) is 0 Å². The first-order valence-electron chi connectivity index (χ1n) is 10.8. The molecule has 166 valence electrons. The lowest BCUT2D eigenvalue weighted by Gasteiger charge is -2.43. The van der Waals surface area contributed by atoms with E-state index in [2.05, 4.69) is 69.3 Å². The molecule has 4 rings (SSSR count). The van der Waals surface area contributed by atoms with Crippen LogP contribution in [0.2, 0.25) is 5.04 Å². The predicted molar refractivity (Wildman–Crippen MR) is 130 cm³/mol. The zero-order chi connectivity index (χ0) is 22.8. The van der Waals surface area contributed by atoms with Crippen molar-refractivity contribution >= 4 is 29.8 Å². The molecule has 0 aliphatic carbocycles. The van der Waals surface area contributed by atoms with Gasteiger partial charge < -0.3 is 13.9 Å². The Morgan fingerprint density at radius 3 is 2.06 bits per heavy atom. The number of hydrogen-bond donors (Lipinski definition) is 1. The molecule has 0 bridgehead atoms. The molecule has 1 aromatic heterocycles. The molecular formula is C26H29NO4Si. The van der Waals surface area contributed by atoms with Crippen molar-refractivity contribution < 1.29 is 13.9 Å². The van der Waals surface area contributed by atoms with E-state index in [9.17, 15) is 9.90 Å². The lowest BCUT2D eigenvalue weighted by Crippen LogP contribution is -2.66. The molecule has 0 spiro atoms. The van der Waals surface area contributed by atoms with E-state index in [-0.39, 0.29) is 18.2 Å². The summed E-state index contributed by atoms with van der Waals surface area (Å²) in [6.07, 6.45) is 0. The van der Waals surface area contributed by atoms with Gasteiger partial charge in [-0.15, -0.1) is 0 Å². The highest BCUT2D eigenvalue weighted by Gasteiger charge is 2.50. The fourth-order valence-corrected chi connectivity index (χ4v) is 9.00. The molecule has 5 nitrogen and oxygen atoms in total. The van der Waals surface area contributed by atoms with Crippen LogP contribution in [0.4, 0.5) is 0 Å². The minimum absolute atomic E-state index is 0.114. The minimum Gasteiger partial charge on any atom is -0.408 e. The lowest BCUT2D eigenvalue weighted by molar-refractivity contribution is 0.272. The van der Waals surface area contributed by atoms with Crippen molar-refractivity contribution in [2.24, 2.45) is 0 Å². The number of nitrogens with zero attached hydrogens (tertiary/aromatic N) is 1. The second kappa shape index (κ2) is 8.90. The van der Waals surface area contributed by atoms with Crippen molar-refractivity contribution in [3.63, 3.8) is 0 Å². The summed E-state index contributed by atoms with van der Waals surface area (Å²) in [5.41, 5.74) is 2.13. The molecule has 0 saturated heterocycles. The average Bonchev–Trinajstić information content (AvgIpc) is 3.09. The van der Waals surface area contributed by atoms with E-state index >= 15 is 0 Å². The molecule has 0 atom stereocenters. The summed E-state index contributed by atoms with van der Waals surface area (Å²) in [4.78, 5) is 12.1. The van der Waals surface area contributed by atoms with Crippen LogP contribution in [0.5, 0.6) is 0 Å². The number of aromatic nitrogens is 1. The van der Waals surface area contributed by atoms with Crippen LogP contribution in [-0.2, 0) is 17.6 Å². The highest BCUT2D eigenvalue weighted by molar-refractivity contribution is 6.99. The first-order valence-corrected chi connectivity index (χ1v) is 12.8. The molecule has 6 heteroatoms. The van der Waals surface area contributed by atoms with E-state index in [1.165, 1.54) is 14.9 Å². The zero-order valence-corrected chi connectivity index (χ0v) is 19.7. The summed E-state index contributed by atoms with van der Waals surface area (Å²) >= 11 is 0. The van der Waals surface area contributed by atoms with E-state index in [0.29, 0.717) is 17.7 Å². The molecule has 0 saturated carbocycles. The topological polar surface area (TPSA) is 64.6 Å². The fraction of sp³-hybridized carbons (Fsp3) is 0.269. The van der Waals surface area contributed by atoms with Gasteiger partial charge in [0, 0.05) is 0 Å². The SMILES string of the molecule is CC(C)(C)[Si](OCc1ccc2c(c1)oc(=O)n2CCO)(c1ccccc1)c1ccccc1. The van der Waals surface area contributed by atoms with Crippen molar-refractivity contribution in [1.82, 2.24) is 4.57 Å². The van der Waals surface area contributed by atoms with E-state index in [1.807, 2.05) is 30.3 Å². The normalized spacial score (nSPS) is 12.4. The number of oxazole rings is 1. The third kappa shape index (κ3) is 3.97. The van der Waals surface area contributed by atoms with Crippen molar-refractivity contribution in [2.45, 2.75) is 39.0 Å². The number of aliphatic hydroxyl groups excluding tert-OH is 1. The molecule has 4 aromatic rings. The third-order valence-corrected chi connectivity index (χ3v) is 10.9. The van der Waals surface area contributed by atoms with Crippen molar-refractivity contribution in [1.29, 1.82) is 0 Å². The molecule has 0 amide bonds. The zero-order valence-electron chi connectivity index (χ0n) is 18.7. The number of rotatable bonds is 7. The first kappa shape index (κ1) is 22.3. The first-order chi connectivity index (χ1) is 15.4. The van der Waals surface area contributed by atoms with Gasteiger partial charge in [-0.2, -0.15) is 0 Å². The molecule has 1 heterocycles. The van der Waals surface area contributed by atoms with Gasteiger partial charge in [0.15, 0.2) is 5.58 Å². The Bertz CT molecular complexity index is 1200. The molecule has 0 radical (unpaired) electrons. The number of hydrogen-bond acceptors (Lipinski definition) is 4. The molecule has 32 heavy (non-hydrogen) atoms. The average molecular weight is 448 g/mol. The highest BCUT2D eigenvalue weighted by atomic mass is 28.4. The molecule has 0 unspecified atom stereocenters. The van der Waals surface area contributed by atoms with Crippen LogP contribution >= 0.6 is 0 Å². The highest BCUT2D eigenvalue weighted by Crippen LogP contribution is 2.37. The maximum absolute atomic E-state index is 12.1. The Hall–Kier alpha value is -2.93. The van der Waals surface area contributed by atoms with Gasteiger partial charge in [0.1, 0.15) is 0 Å². The van der Waals surface area contributed by atoms with Crippen LogP contribution in [0.1, 0.15) is 26.3 Å². The quantitative estimate of drug-likeness (QED) is 0.439. The Labute approximate surface area is 189 Å². The van der Waals surface area contributed by atoms with Crippen molar-refractivity contribution in [3.05, 3.63) is 95.0 Å². The summed E-state index contributed by atoms with van der Waals surface area (Å²) in [5.74, 6) is -0.459. The van der Waals surface area contributed by atoms with Gasteiger partial charge in [-0.3, -0.25) is 4.57 Å². The van der Waals surface area contributed by atoms with Gasteiger partial charge >= 0.3 is 5.76 Å². The van der Waals surface area contributed by atoms with Gasteiger partial charge in [-0.25, -0.2) is 4.79 Å². The van der Waals surface area contributed by atoms with E-state index < -0.39 is 14.1 Å². The van der Waals surface area contributed by atoms with E-state index in [1.54, 1.807) is 0 Å². The van der Waals surface area contributed by atoms with E-state index in [4.69, 9.17) is 8.84 Å². The van der Waals surface area contributed by atoms with Crippen LogP contribution in [0.3, 0.4) is 0 Å². The second-order valence-corrected chi connectivity index (χ2v) is 13.3. The second-order valence-electron chi connectivity index (χ2n) is 9.00. The minimum atomic E-state index is -2.65. The lowest BCUT2D eigenvalue weighted by atomic mass is 10.2. The largest absolute Gasteiger partial charge is 0.420 e. The summed E-state index contributed by atoms with van der Waals surface area (Å²) in [6, 6.07) is 26.7. The van der Waals surface area contributed by atoms with Crippen LogP contribution in [-0.4, -0.2) is 24.6 Å². The summed E-state index contributed by atoms with van der Waals surface area (Å²) in [7, 11) is -2.65. The maximum Gasteiger partial charge on any atom is 0.420 e. The Balaban J connectivity index is 1.76. The monoisotopic (exact) mass is 447 g/mol. The molecule has 3 aromatic carbocycles. The number of benzene rings is 3. The maximum atomic E-state index is 12.1. The van der Waals surface area contributed by atoms with Gasteiger partial charge in [0.2, 0.25) is 0 Å². The fourth-order valence-electron chi connectivity index (χ4n) is 4.47. The summed E-state index contributed by atoms with van der Waals surface area (Å²) in [6.45, 7) is 7.23. The standard InChI is InChI=1S/C26H29NO4Si/c1-26(2,3)32(21-10-6-4-7-11-21,22-12-8-5-9-13-22)30-19-20-14-15-23-24(18-20)31-25(29)27(23)16-17-28/h4-15,18,28H,16-17,19H2,1-3H3. The number of aliphatic hydroxyl groups is 1. The van der Waals surface area contributed by atoms with Gasteiger partial charge in [-0.1, -0.05) is 87.5 Å². The predicted octanol–water partition coefficient (Wildman–Crippen LogP) is 3.66. The molecule has 1 N–H and O–H groups in total. The molecule has 0 aliphatic heterocycles. The molecule has 0 aliphatic rings. The smallest absolute Gasteiger partial charge is 0.408 e. The Morgan fingerprint density at radius 1 is 0.938 bits per heavy atom.